The van der Waals surface area contributed by atoms with Gasteiger partial charge in [-0.05, 0) is 36.4 Å². The van der Waals surface area contributed by atoms with Gasteiger partial charge in [-0.2, -0.15) is 0 Å². The summed E-state index contributed by atoms with van der Waals surface area (Å²) in [6.45, 7) is 0. The first-order valence-corrected chi connectivity index (χ1v) is 7.46. The summed E-state index contributed by atoms with van der Waals surface area (Å²) in [5.41, 5.74) is 4.18. The summed E-state index contributed by atoms with van der Waals surface area (Å²) in [4.78, 5) is 58.1. The van der Waals surface area contributed by atoms with Crippen molar-refractivity contribution in [2.24, 2.45) is 0 Å². The topological polar surface area (TPSA) is 204 Å². The number of carboxylic acids is 3. The molecule has 0 radical (unpaired) electrons. The van der Waals surface area contributed by atoms with Gasteiger partial charge in [0.15, 0.2) is 0 Å². The molecule has 3 rings (SSSR count). The highest BCUT2D eigenvalue weighted by atomic mass is 16.4. The lowest BCUT2D eigenvalue weighted by Crippen LogP contribution is -2.21. The Labute approximate surface area is 154 Å². The van der Waals surface area contributed by atoms with Crippen LogP contribution in [0.2, 0.25) is 0 Å². The molecule has 11 nitrogen and oxygen atoms in total. The van der Waals surface area contributed by atoms with Crippen LogP contribution in [0, 0.1) is 0 Å². The fourth-order valence-corrected chi connectivity index (χ4v) is 2.19. The van der Waals surface area contributed by atoms with Crippen LogP contribution in [0.1, 0.15) is 31.1 Å². The van der Waals surface area contributed by atoms with Gasteiger partial charge in [0.2, 0.25) is 0 Å². The van der Waals surface area contributed by atoms with Gasteiger partial charge < -0.3 is 26.0 Å². The minimum atomic E-state index is -1.17. The van der Waals surface area contributed by atoms with E-state index in [0.717, 1.165) is 6.07 Å². The molecule has 11 heteroatoms. The summed E-state index contributed by atoms with van der Waals surface area (Å²) in [7, 11) is 0. The molecule has 144 valence electrons. The number of nitrogen functional groups attached to an aromatic ring is 1. The Morgan fingerprint density at radius 3 is 1.89 bits per heavy atom. The minimum Gasteiger partial charge on any atom is -0.478 e. The van der Waals surface area contributed by atoms with Crippen LogP contribution in [0.15, 0.2) is 46.0 Å². The van der Waals surface area contributed by atoms with Gasteiger partial charge in [-0.1, -0.05) is 0 Å². The second-order valence-electron chi connectivity index (χ2n) is 5.39. The normalized spacial score (nSPS) is 10.0. The van der Waals surface area contributed by atoms with Crippen LogP contribution in [0.4, 0.5) is 5.69 Å². The van der Waals surface area contributed by atoms with E-state index in [-0.39, 0.29) is 33.3 Å². The largest absolute Gasteiger partial charge is 0.478 e. The van der Waals surface area contributed by atoms with Crippen molar-refractivity contribution in [2.45, 2.75) is 0 Å². The maximum absolute atomic E-state index is 11.3. The highest BCUT2D eigenvalue weighted by molar-refractivity contribution is 5.97. The second-order valence-corrected chi connectivity index (χ2v) is 5.39. The SMILES string of the molecule is Nc1cc(C(=O)O)ccc1C(=O)O.O=C(O)c1ccc2c(=O)[nH]c(=O)[nH]c2c1. The molecule has 7 N–H and O–H groups in total. The molecule has 0 saturated carbocycles. The van der Waals surface area contributed by atoms with Gasteiger partial charge >= 0.3 is 23.6 Å². The van der Waals surface area contributed by atoms with E-state index in [1.54, 1.807) is 0 Å². The van der Waals surface area contributed by atoms with Gasteiger partial charge in [0.1, 0.15) is 0 Å². The summed E-state index contributed by atoms with van der Waals surface area (Å²) < 4.78 is 0. The molecule has 1 heterocycles. The van der Waals surface area contributed by atoms with Crippen LogP contribution in [0.25, 0.3) is 10.9 Å². The Morgan fingerprint density at radius 2 is 1.36 bits per heavy atom. The quantitative estimate of drug-likeness (QED) is 0.347. The van der Waals surface area contributed by atoms with Gasteiger partial charge in [0, 0.05) is 5.69 Å². The van der Waals surface area contributed by atoms with Crippen LogP contribution in [0.3, 0.4) is 0 Å². The van der Waals surface area contributed by atoms with Crippen molar-refractivity contribution in [3.8, 4) is 0 Å². The van der Waals surface area contributed by atoms with E-state index in [0.29, 0.717) is 0 Å². The molecule has 3 aromatic rings. The number of nitrogens with two attached hydrogens (primary N) is 1. The summed E-state index contributed by atoms with van der Waals surface area (Å²) in [6, 6.07) is 7.38. The monoisotopic (exact) mass is 387 g/mol. The van der Waals surface area contributed by atoms with E-state index in [9.17, 15) is 24.0 Å². The summed E-state index contributed by atoms with van der Waals surface area (Å²) in [5.74, 6) is -3.42. The molecule has 0 bridgehead atoms. The van der Waals surface area contributed by atoms with E-state index in [2.05, 4.69) is 4.98 Å². The van der Waals surface area contributed by atoms with Crippen molar-refractivity contribution < 1.29 is 29.7 Å². The van der Waals surface area contributed by atoms with Crippen molar-refractivity contribution in [2.75, 3.05) is 5.73 Å². The van der Waals surface area contributed by atoms with Crippen molar-refractivity contribution in [3.63, 3.8) is 0 Å². The van der Waals surface area contributed by atoms with Gasteiger partial charge in [0.05, 0.1) is 27.6 Å². The lowest BCUT2D eigenvalue weighted by atomic mass is 10.1. The number of hydrogen-bond acceptors (Lipinski definition) is 6. The van der Waals surface area contributed by atoms with Crippen LogP contribution >= 0.6 is 0 Å². The number of aromatic amines is 2. The molecule has 0 aliphatic heterocycles. The molecule has 0 aliphatic carbocycles. The van der Waals surface area contributed by atoms with Crippen LogP contribution < -0.4 is 17.0 Å². The van der Waals surface area contributed by atoms with Crippen LogP contribution in [0.5, 0.6) is 0 Å². The summed E-state index contributed by atoms with van der Waals surface area (Å²) >= 11 is 0. The molecule has 0 spiro atoms. The molecule has 0 amide bonds. The maximum Gasteiger partial charge on any atom is 0.337 e. The van der Waals surface area contributed by atoms with Crippen molar-refractivity contribution in [1.29, 1.82) is 0 Å². The number of hydrogen-bond donors (Lipinski definition) is 6. The average molecular weight is 387 g/mol. The number of aromatic nitrogens is 2. The molecule has 0 atom stereocenters. The van der Waals surface area contributed by atoms with Crippen molar-refractivity contribution in [1.82, 2.24) is 9.97 Å². The minimum absolute atomic E-state index is 0.0174. The standard InChI is InChI=1S/C9H6N2O4.C8H7NO4/c12-7-5-2-1-4(8(13)14)3-6(5)10-9(15)11-7;9-6-3-4(7(10)11)1-2-5(6)8(12)13/h1-3H,(H,13,14)(H2,10,11,12,15);1-3H,9H2,(H,10,11)(H,12,13). The predicted octanol–water partition coefficient (Wildman–Crippen LogP) is 0.580. The highest BCUT2D eigenvalue weighted by Gasteiger charge is 2.10. The van der Waals surface area contributed by atoms with E-state index in [1.165, 1.54) is 30.3 Å². The lowest BCUT2D eigenvalue weighted by molar-refractivity contribution is 0.0682. The first kappa shape index (κ1) is 19.9. The Morgan fingerprint density at radius 1 is 0.786 bits per heavy atom. The third-order valence-corrected chi connectivity index (χ3v) is 3.52. The fraction of sp³-hybridized carbons (Fsp3) is 0. The summed E-state index contributed by atoms with van der Waals surface area (Å²) in [5, 5.41) is 26.1. The molecule has 0 unspecified atom stereocenters. The number of H-pyrrole nitrogens is 2. The Bertz CT molecular complexity index is 1210. The molecule has 0 saturated heterocycles. The van der Waals surface area contributed by atoms with Gasteiger partial charge in [-0.3, -0.25) is 9.78 Å². The van der Waals surface area contributed by atoms with Crippen LogP contribution in [-0.4, -0.2) is 43.2 Å². The predicted molar refractivity (Wildman–Crippen MR) is 96.9 cm³/mol. The van der Waals surface area contributed by atoms with E-state index >= 15 is 0 Å². The Hall–Kier alpha value is -4.41. The lowest BCUT2D eigenvalue weighted by Gasteiger charge is -2.00. The number of carboxylic acid groups (broad SMARTS) is 3. The van der Waals surface area contributed by atoms with Gasteiger partial charge in [0.25, 0.3) is 5.56 Å². The van der Waals surface area contributed by atoms with E-state index in [4.69, 9.17) is 21.1 Å². The number of nitrogens with one attached hydrogen (secondary N) is 2. The first-order chi connectivity index (χ1) is 13.1. The molecular formula is C17H13N3O8. The molecular weight excluding hydrogens is 374 g/mol. The average Bonchev–Trinajstić information content (AvgIpc) is 2.61. The van der Waals surface area contributed by atoms with Crippen molar-refractivity contribution >= 4 is 34.5 Å². The Kier molecular flexibility index (Phi) is 5.59. The number of benzene rings is 2. The zero-order chi connectivity index (χ0) is 21.0. The molecule has 0 fully saturated rings. The fourth-order valence-electron chi connectivity index (χ4n) is 2.19. The third kappa shape index (κ3) is 4.40. The van der Waals surface area contributed by atoms with E-state index < -0.39 is 29.2 Å². The maximum atomic E-state index is 11.3. The first-order valence-electron chi connectivity index (χ1n) is 7.46. The Balaban J connectivity index is 0.000000203. The zero-order valence-corrected chi connectivity index (χ0v) is 13.9. The zero-order valence-electron chi connectivity index (χ0n) is 13.9. The molecule has 28 heavy (non-hydrogen) atoms. The smallest absolute Gasteiger partial charge is 0.337 e. The van der Waals surface area contributed by atoms with Crippen molar-refractivity contribution in [3.05, 3.63) is 73.9 Å². The number of fused-ring (bicyclic) bond motifs is 1. The number of rotatable bonds is 3. The number of anilines is 1. The van der Waals surface area contributed by atoms with Gasteiger partial charge in [-0.15, -0.1) is 0 Å². The second kappa shape index (κ2) is 7.86. The van der Waals surface area contributed by atoms with E-state index in [1.807, 2.05) is 4.98 Å². The van der Waals surface area contributed by atoms with Gasteiger partial charge in [-0.25, -0.2) is 19.2 Å². The number of carbonyl (C=O) groups is 3. The highest BCUT2D eigenvalue weighted by Crippen LogP contribution is 2.14. The molecule has 2 aromatic carbocycles. The number of aromatic carboxylic acids is 3. The molecule has 0 aliphatic rings. The summed E-state index contributed by atoms with van der Waals surface area (Å²) in [6.07, 6.45) is 0. The molecule has 1 aromatic heterocycles. The third-order valence-electron chi connectivity index (χ3n) is 3.52. The van der Waals surface area contributed by atoms with Crippen LogP contribution in [-0.2, 0) is 0 Å².